The van der Waals surface area contributed by atoms with Crippen molar-refractivity contribution in [3.05, 3.63) is 0 Å². The molecule has 0 spiro atoms. The van der Waals surface area contributed by atoms with Crippen LogP contribution in [0, 0.1) is 0 Å². The highest BCUT2D eigenvalue weighted by atomic mass is 32.2. The van der Waals surface area contributed by atoms with E-state index in [4.69, 9.17) is 9.84 Å². The van der Waals surface area contributed by atoms with Crippen LogP contribution >= 0.6 is 0 Å². The molecule has 0 radical (unpaired) electrons. The number of carbonyl (C=O) groups is 1. The number of sulfonamides is 1. The highest BCUT2D eigenvalue weighted by Gasteiger charge is 2.40. The van der Waals surface area contributed by atoms with Crippen LogP contribution in [0.3, 0.4) is 0 Å². The third-order valence-electron chi connectivity index (χ3n) is 2.73. The van der Waals surface area contributed by atoms with Crippen LogP contribution in [-0.4, -0.2) is 55.4 Å². The van der Waals surface area contributed by atoms with Crippen molar-refractivity contribution >= 4 is 16.0 Å². The standard InChI is InChI=1S/C9H17NO5S/c1-7(6-15-2)16(13,14)10-5-3-4-8(10)9(11)12/h7-8H,3-6H2,1-2H3,(H,11,12)/t7?,8-/m1/s1. The summed E-state index contributed by atoms with van der Waals surface area (Å²) >= 11 is 0. The van der Waals surface area contributed by atoms with Crippen LogP contribution in [0.4, 0.5) is 0 Å². The number of ether oxygens (including phenoxy) is 1. The molecule has 1 fully saturated rings. The molecule has 0 amide bonds. The van der Waals surface area contributed by atoms with Crippen molar-refractivity contribution in [2.45, 2.75) is 31.1 Å². The van der Waals surface area contributed by atoms with Gasteiger partial charge in [0.05, 0.1) is 11.9 Å². The molecule has 2 atom stereocenters. The summed E-state index contributed by atoms with van der Waals surface area (Å²) in [4.78, 5) is 10.9. The van der Waals surface area contributed by atoms with Crippen molar-refractivity contribution in [1.29, 1.82) is 0 Å². The Morgan fingerprint density at radius 2 is 2.25 bits per heavy atom. The Kier molecular flexibility index (Phi) is 4.28. The maximum Gasteiger partial charge on any atom is 0.322 e. The van der Waals surface area contributed by atoms with Crippen LogP contribution in [0.25, 0.3) is 0 Å². The van der Waals surface area contributed by atoms with Gasteiger partial charge in [0.15, 0.2) is 0 Å². The molecule has 0 aromatic carbocycles. The predicted molar refractivity (Wildman–Crippen MR) is 57.6 cm³/mol. The summed E-state index contributed by atoms with van der Waals surface area (Å²) in [6.45, 7) is 1.88. The fourth-order valence-corrected chi connectivity index (χ4v) is 3.55. The van der Waals surface area contributed by atoms with Crippen LogP contribution in [0.15, 0.2) is 0 Å². The lowest BCUT2D eigenvalue weighted by atomic mass is 10.2. The second-order valence-electron chi connectivity index (χ2n) is 3.92. The number of hydrogen-bond acceptors (Lipinski definition) is 4. The van der Waals surface area contributed by atoms with Gasteiger partial charge in [-0.2, -0.15) is 4.31 Å². The maximum atomic E-state index is 12.0. The van der Waals surface area contributed by atoms with Crippen molar-refractivity contribution in [2.75, 3.05) is 20.3 Å². The molecule has 0 aromatic rings. The summed E-state index contributed by atoms with van der Waals surface area (Å²) in [7, 11) is -2.15. The smallest absolute Gasteiger partial charge is 0.322 e. The quantitative estimate of drug-likeness (QED) is 0.737. The topological polar surface area (TPSA) is 83.9 Å². The van der Waals surface area contributed by atoms with Gasteiger partial charge in [0.2, 0.25) is 10.0 Å². The maximum absolute atomic E-state index is 12.0. The Morgan fingerprint density at radius 3 is 2.75 bits per heavy atom. The molecule has 6 nitrogen and oxygen atoms in total. The number of aliphatic carboxylic acids is 1. The van der Waals surface area contributed by atoms with E-state index in [1.165, 1.54) is 14.0 Å². The lowest BCUT2D eigenvalue weighted by Gasteiger charge is -2.24. The molecule has 1 saturated heterocycles. The van der Waals surface area contributed by atoms with Gasteiger partial charge in [-0.1, -0.05) is 0 Å². The van der Waals surface area contributed by atoms with Gasteiger partial charge >= 0.3 is 5.97 Å². The number of rotatable bonds is 5. The number of methoxy groups -OCH3 is 1. The SMILES string of the molecule is COCC(C)S(=O)(=O)N1CCC[C@@H]1C(=O)O. The summed E-state index contributed by atoms with van der Waals surface area (Å²) in [6, 6.07) is -0.913. The minimum absolute atomic E-state index is 0.0746. The van der Waals surface area contributed by atoms with Crippen molar-refractivity contribution in [3.8, 4) is 0 Å². The first kappa shape index (κ1) is 13.4. The minimum Gasteiger partial charge on any atom is -0.480 e. The van der Waals surface area contributed by atoms with Crippen molar-refractivity contribution in [2.24, 2.45) is 0 Å². The Hall–Kier alpha value is -0.660. The number of carboxylic acid groups (broad SMARTS) is 1. The summed E-state index contributed by atoms with van der Waals surface area (Å²) in [5.41, 5.74) is 0. The summed E-state index contributed by atoms with van der Waals surface area (Å²) in [5.74, 6) is -1.08. The van der Waals surface area contributed by atoms with Crippen LogP contribution in [0.1, 0.15) is 19.8 Å². The molecule has 0 bridgehead atoms. The highest BCUT2D eigenvalue weighted by Crippen LogP contribution is 2.23. The molecule has 0 aromatic heterocycles. The van der Waals surface area contributed by atoms with Gasteiger partial charge in [-0.15, -0.1) is 0 Å². The molecular weight excluding hydrogens is 234 g/mol. The molecule has 1 aliphatic rings. The first-order chi connectivity index (χ1) is 7.41. The first-order valence-electron chi connectivity index (χ1n) is 5.13. The summed E-state index contributed by atoms with van der Waals surface area (Å²) in [6.07, 6.45) is 0.976. The normalized spacial score (nSPS) is 24.5. The Morgan fingerprint density at radius 1 is 1.62 bits per heavy atom. The van der Waals surface area contributed by atoms with E-state index >= 15 is 0 Å². The monoisotopic (exact) mass is 251 g/mol. The van der Waals surface area contributed by atoms with Crippen LogP contribution in [0.2, 0.25) is 0 Å². The molecule has 16 heavy (non-hydrogen) atoms. The van der Waals surface area contributed by atoms with Gasteiger partial charge in [-0.3, -0.25) is 4.79 Å². The molecular formula is C9H17NO5S. The zero-order chi connectivity index (χ0) is 12.3. The first-order valence-corrected chi connectivity index (χ1v) is 6.64. The van der Waals surface area contributed by atoms with E-state index in [0.29, 0.717) is 12.8 Å². The third-order valence-corrected chi connectivity index (χ3v) is 4.97. The van der Waals surface area contributed by atoms with E-state index in [1.54, 1.807) is 0 Å². The lowest BCUT2D eigenvalue weighted by Crippen LogP contribution is -2.45. The molecule has 1 aliphatic heterocycles. The van der Waals surface area contributed by atoms with E-state index in [2.05, 4.69) is 0 Å². The van der Waals surface area contributed by atoms with E-state index in [-0.39, 0.29) is 13.2 Å². The molecule has 7 heteroatoms. The fourth-order valence-electron chi connectivity index (χ4n) is 1.84. The number of carboxylic acids is 1. The number of nitrogens with zero attached hydrogens (tertiary/aromatic N) is 1. The summed E-state index contributed by atoms with van der Waals surface area (Å²) < 4.78 is 29.9. The van der Waals surface area contributed by atoms with E-state index in [0.717, 1.165) is 4.31 Å². The van der Waals surface area contributed by atoms with Gasteiger partial charge in [-0.05, 0) is 19.8 Å². The van der Waals surface area contributed by atoms with Crippen LogP contribution < -0.4 is 0 Å². The average molecular weight is 251 g/mol. The van der Waals surface area contributed by atoms with Gasteiger partial charge in [0.25, 0.3) is 0 Å². The van der Waals surface area contributed by atoms with Gasteiger partial charge in [-0.25, -0.2) is 8.42 Å². The molecule has 1 heterocycles. The number of hydrogen-bond donors (Lipinski definition) is 1. The Labute approximate surface area is 95.2 Å². The largest absolute Gasteiger partial charge is 0.480 e. The summed E-state index contributed by atoms with van der Waals surface area (Å²) in [5, 5.41) is 8.21. The molecule has 1 rings (SSSR count). The molecule has 94 valence electrons. The van der Waals surface area contributed by atoms with E-state index in [9.17, 15) is 13.2 Å². The molecule has 1 N–H and O–H groups in total. The predicted octanol–water partition coefficient (Wildman–Crippen LogP) is -0.0999. The van der Waals surface area contributed by atoms with Crippen molar-refractivity contribution in [1.82, 2.24) is 4.31 Å². The highest BCUT2D eigenvalue weighted by molar-refractivity contribution is 7.89. The average Bonchev–Trinajstić information content (AvgIpc) is 2.66. The van der Waals surface area contributed by atoms with E-state index in [1.807, 2.05) is 0 Å². The van der Waals surface area contributed by atoms with Crippen molar-refractivity contribution in [3.63, 3.8) is 0 Å². The van der Waals surface area contributed by atoms with Gasteiger partial charge in [0, 0.05) is 13.7 Å². The van der Waals surface area contributed by atoms with Gasteiger partial charge < -0.3 is 9.84 Å². The third kappa shape index (κ3) is 2.53. The molecule has 0 saturated carbocycles. The van der Waals surface area contributed by atoms with Crippen molar-refractivity contribution < 1.29 is 23.1 Å². The second-order valence-corrected chi connectivity index (χ2v) is 6.22. The molecule has 1 unspecified atom stereocenters. The second kappa shape index (κ2) is 5.11. The van der Waals surface area contributed by atoms with Gasteiger partial charge in [0.1, 0.15) is 6.04 Å². The molecule has 0 aliphatic carbocycles. The zero-order valence-corrected chi connectivity index (χ0v) is 10.2. The zero-order valence-electron chi connectivity index (χ0n) is 9.42. The minimum atomic E-state index is -3.57. The Bertz CT molecular complexity index is 353. The lowest BCUT2D eigenvalue weighted by molar-refractivity contribution is -0.140. The van der Waals surface area contributed by atoms with Crippen LogP contribution in [0.5, 0.6) is 0 Å². The van der Waals surface area contributed by atoms with E-state index < -0.39 is 27.3 Å². The van der Waals surface area contributed by atoms with Crippen LogP contribution in [-0.2, 0) is 19.6 Å². The Balaban J connectivity index is 2.86. The fraction of sp³-hybridized carbons (Fsp3) is 0.889.